The number of pyridine rings is 2. The summed E-state index contributed by atoms with van der Waals surface area (Å²) in [6.07, 6.45) is 6.77. The van der Waals surface area contributed by atoms with Gasteiger partial charge < -0.3 is 21.4 Å². The van der Waals surface area contributed by atoms with Crippen LogP contribution in [0, 0.1) is 0 Å². The molecule has 5 N–H and O–H groups in total. The van der Waals surface area contributed by atoms with E-state index in [0.29, 0.717) is 23.6 Å². The molecule has 0 aliphatic heterocycles. The first-order valence-corrected chi connectivity index (χ1v) is 8.46. The number of nitrogens with one attached hydrogen (secondary N) is 3. The van der Waals surface area contributed by atoms with Crippen LogP contribution in [0.1, 0.15) is 15.9 Å². The summed E-state index contributed by atoms with van der Waals surface area (Å²) in [6, 6.07) is 13.7. The van der Waals surface area contributed by atoms with Gasteiger partial charge in [-0.2, -0.15) is 0 Å². The van der Waals surface area contributed by atoms with Crippen LogP contribution in [0.25, 0.3) is 10.9 Å². The summed E-state index contributed by atoms with van der Waals surface area (Å²) in [5.74, 6) is 0.0630. The molecule has 134 valence electrons. The van der Waals surface area contributed by atoms with Gasteiger partial charge in [0.05, 0.1) is 23.1 Å². The van der Waals surface area contributed by atoms with Crippen LogP contribution in [-0.4, -0.2) is 20.9 Å². The number of H-pyrrole nitrogens is 1. The summed E-state index contributed by atoms with van der Waals surface area (Å²) in [5, 5.41) is 7.60. The molecule has 3 aromatic heterocycles. The summed E-state index contributed by atoms with van der Waals surface area (Å²) >= 11 is 0. The molecule has 7 nitrogen and oxygen atoms in total. The lowest BCUT2D eigenvalue weighted by Crippen LogP contribution is -2.15. The molecule has 7 heteroatoms. The van der Waals surface area contributed by atoms with Crippen molar-refractivity contribution in [1.82, 2.24) is 15.0 Å². The van der Waals surface area contributed by atoms with E-state index in [4.69, 9.17) is 5.73 Å². The summed E-state index contributed by atoms with van der Waals surface area (Å²) in [6.45, 7) is 0.547. The van der Waals surface area contributed by atoms with Crippen molar-refractivity contribution in [1.29, 1.82) is 0 Å². The van der Waals surface area contributed by atoms with Crippen LogP contribution in [0.5, 0.6) is 0 Å². The van der Waals surface area contributed by atoms with Gasteiger partial charge >= 0.3 is 0 Å². The molecule has 0 fully saturated rings. The second-order valence-corrected chi connectivity index (χ2v) is 6.10. The van der Waals surface area contributed by atoms with Crippen LogP contribution in [0.4, 0.5) is 17.2 Å². The fourth-order valence-electron chi connectivity index (χ4n) is 2.85. The third kappa shape index (κ3) is 3.72. The SMILES string of the molecule is NC(=O)c1cnc(Nc2cccnc2)cc1NCc1ccc2cc[nH]c2c1. The minimum Gasteiger partial charge on any atom is -0.380 e. The molecule has 0 saturated carbocycles. The van der Waals surface area contributed by atoms with Crippen molar-refractivity contribution >= 4 is 34.0 Å². The lowest BCUT2D eigenvalue weighted by molar-refractivity contribution is 0.100. The maximum Gasteiger partial charge on any atom is 0.252 e. The smallest absolute Gasteiger partial charge is 0.252 e. The number of hydrogen-bond donors (Lipinski definition) is 4. The third-order valence-electron chi connectivity index (χ3n) is 4.21. The first-order valence-electron chi connectivity index (χ1n) is 8.46. The number of nitrogens with zero attached hydrogens (tertiary/aromatic N) is 2. The molecule has 0 radical (unpaired) electrons. The Bertz CT molecular complexity index is 1090. The molecule has 0 aliphatic rings. The Morgan fingerprint density at radius 2 is 2.07 bits per heavy atom. The number of hydrogen-bond acceptors (Lipinski definition) is 5. The highest BCUT2D eigenvalue weighted by Crippen LogP contribution is 2.22. The Morgan fingerprint density at radius 3 is 2.89 bits per heavy atom. The highest BCUT2D eigenvalue weighted by Gasteiger charge is 2.11. The van der Waals surface area contributed by atoms with Crippen molar-refractivity contribution < 1.29 is 4.79 Å². The van der Waals surface area contributed by atoms with Crippen molar-refractivity contribution in [2.75, 3.05) is 10.6 Å². The first kappa shape index (κ1) is 16.6. The van der Waals surface area contributed by atoms with Crippen LogP contribution in [0.3, 0.4) is 0 Å². The first-order chi connectivity index (χ1) is 13.2. The number of fused-ring (bicyclic) bond motifs is 1. The molecule has 4 rings (SSSR count). The third-order valence-corrected chi connectivity index (χ3v) is 4.21. The number of benzene rings is 1. The predicted molar refractivity (Wildman–Crippen MR) is 106 cm³/mol. The number of carbonyl (C=O) groups excluding carboxylic acids is 1. The number of carbonyl (C=O) groups is 1. The molecular weight excluding hydrogens is 340 g/mol. The molecule has 27 heavy (non-hydrogen) atoms. The van der Waals surface area contributed by atoms with E-state index < -0.39 is 5.91 Å². The van der Waals surface area contributed by atoms with Gasteiger partial charge in [-0.1, -0.05) is 12.1 Å². The van der Waals surface area contributed by atoms with E-state index in [1.165, 1.54) is 6.20 Å². The van der Waals surface area contributed by atoms with Crippen LogP contribution < -0.4 is 16.4 Å². The molecule has 0 unspecified atom stereocenters. The zero-order chi connectivity index (χ0) is 18.6. The zero-order valence-corrected chi connectivity index (χ0v) is 14.4. The standard InChI is InChI=1S/C20H18N6O/c21-20(27)16-12-25-19(26-15-2-1-6-22-11-15)9-18(16)24-10-13-3-4-14-5-7-23-17(14)8-13/h1-9,11-12,23H,10H2,(H2,21,27)(H2,24,25,26). The fraction of sp³-hybridized carbons (Fsp3) is 0.0500. The number of anilines is 3. The Hall–Kier alpha value is -3.87. The van der Waals surface area contributed by atoms with Gasteiger partial charge in [0.2, 0.25) is 0 Å². The molecule has 1 aromatic carbocycles. The Balaban J connectivity index is 1.57. The van der Waals surface area contributed by atoms with E-state index in [2.05, 4.69) is 37.7 Å². The number of rotatable bonds is 6. The van der Waals surface area contributed by atoms with Crippen molar-refractivity contribution in [3.63, 3.8) is 0 Å². The number of aromatic amines is 1. The van der Waals surface area contributed by atoms with Gasteiger partial charge in [-0.25, -0.2) is 4.98 Å². The second kappa shape index (κ2) is 7.17. The summed E-state index contributed by atoms with van der Waals surface area (Å²) in [5.41, 5.74) is 9.41. The summed E-state index contributed by atoms with van der Waals surface area (Å²) in [7, 11) is 0. The molecular formula is C20H18N6O. The van der Waals surface area contributed by atoms with Crippen molar-refractivity contribution in [2.45, 2.75) is 6.54 Å². The highest BCUT2D eigenvalue weighted by atomic mass is 16.1. The minimum absolute atomic E-state index is 0.340. The van der Waals surface area contributed by atoms with E-state index in [1.807, 2.05) is 30.5 Å². The Labute approximate surface area is 155 Å². The zero-order valence-electron chi connectivity index (χ0n) is 14.4. The van der Waals surface area contributed by atoms with Crippen molar-refractivity contribution in [2.24, 2.45) is 5.73 Å². The minimum atomic E-state index is -0.530. The second-order valence-electron chi connectivity index (χ2n) is 6.10. The Morgan fingerprint density at radius 1 is 1.15 bits per heavy atom. The van der Waals surface area contributed by atoms with Crippen molar-refractivity contribution in [3.8, 4) is 0 Å². The van der Waals surface area contributed by atoms with E-state index in [0.717, 1.165) is 22.2 Å². The quantitative estimate of drug-likeness (QED) is 0.422. The monoisotopic (exact) mass is 358 g/mol. The lowest BCUT2D eigenvalue weighted by atomic mass is 10.1. The van der Waals surface area contributed by atoms with Crippen LogP contribution >= 0.6 is 0 Å². The normalized spacial score (nSPS) is 10.7. The van der Waals surface area contributed by atoms with Gasteiger partial charge in [0.15, 0.2) is 0 Å². The predicted octanol–water partition coefficient (Wildman–Crippen LogP) is 3.41. The molecule has 0 bridgehead atoms. The van der Waals surface area contributed by atoms with Crippen molar-refractivity contribution in [3.05, 3.63) is 78.4 Å². The molecule has 4 aromatic rings. The van der Waals surface area contributed by atoms with Gasteiger partial charge in [-0.15, -0.1) is 0 Å². The Kier molecular flexibility index (Phi) is 4.40. The number of amides is 1. The van der Waals surface area contributed by atoms with E-state index >= 15 is 0 Å². The summed E-state index contributed by atoms with van der Waals surface area (Å²) in [4.78, 5) is 23.3. The molecule has 0 saturated heterocycles. The number of primary amides is 1. The van der Waals surface area contributed by atoms with Crippen LogP contribution in [-0.2, 0) is 6.54 Å². The maximum absolute atomic E-state index is 11.7. The number of nitrogens with two attached hydrogens (primary N) is 1. The average Bonchev–Trinajstić information content (AvgIpc) is 3.15. The molecule has 3 heterocycles. The fourth-order valence-corrected chi connectivity index (χ4v) is 2.85. The van der Waals surface area contributed by atoms with Gasteiger partial charge in [0.25, 0.3) is 5.91 Å². The maximum atomic E-state index is 11.7. The van der Waals surface area contributed by atoms with E-state index in [9.17, 15) is 4.79 Å². The molecule has 0 spiro atoms. The molecule has 0 atom stereocenters. The van der Waals surface area contributed by atoms with Crippen LogP contribution in [0.2, 0.25) is 0 Å². The average molecular weight is 358 g/mol. The molecule has 1 amide bonds. The lowest BCUT2D eigenvalue weighted by Gasteiger charge is -2.13. The topological polar surface area (TPSA) is 109 Å². The highest BCUT2D eigenvalue weighted by molar-refractivity contribution is 5.98. The van der Waals surface area contributed by atoms with Gasteiger partial charge in [0.1, 0.15) is 5.82 Å². The largest absolute Gasteiger partial charge is 0.380 e. The van der Waals surface area contributed by atoms with Gasteiger partial charge in [0, 0.05) is 36.7 Å². The number of aromatic nitrogens is 3. The summed E-state index contributed by atoms with van der Waals surface area (Å²) < 4.78 is 0. The van der Waals surface area contributed by atoms with Gasteiger partial charge in [-0.05, 0) is 35.2 Å². The van der Waals surface area contributed by atoms with Crippen LogP contribution in [0.15, 0.2) is 67.3 Å². The van der Waals surface area contributed by atoms with E-state index in [1.54, 1.807) is 18.5 Å². The van der Waals surface area contributed by atoms with Gasteiger partial charge in [-0.3, -0.25) is 9.78 Å². The molecule has 0 aliphatic carbocycles. The van der Waals surface area contributed by atoms with E-state index in [-0.39, 0.29) is 0 Å².